The van der Waals surface area contributed by atoms with Crippen LogP contribution in [0.5, 0.6) is 0 Å². The highest BCUT2D eigenvalue weighted by atomic mass is 35.5. The van der Waals surface area contributed by atoms with E-state index in [4.69, 9.17) is 16.3 Å². The predicted octanol–water partition coefficient (Wildman–Crippen LogP) is 3.59. The number of benzene rings is 2. The molecule has 3 rings (SSSR count). The van der Waals surface area contributed by atoms with Crippen LogP contribution in [0.1, 0.15) is 11.1 Å². The van der Waals surface area contributed by atoms with Crippen LogP contribution in [-0.2, 0) is 9.53 Å². The van der Waals surface area contributed by atoms with E-state index in [1.54, 1.807) is 30.3 Å². The number of carbonyl (C=O) groups excluding carboxylic acids is 1. The molecular weight excluding hydrogens is 320 g/mol. The van der Waals surface area contributed by atoms with Gasteiger partial charge in [-0.15, -0.1) is 0 Å². The topological polar surface area (TPSA) is 81.8 Å². The molecule has 0 saturated heterocycles. The van der Waals surface area contributed by atoms with Crippen molar-refractivity contribution in [1.29, 1.82) is 0 Å². The summed E-state index contributed by atoms with van der Waals surface area (Å²) in [5, 5.41) is 11.3. The fourth-order valence-electron chi connectivity index (χ4n) is 2.02. The highest BCUT2D eigenvalue weighted by Crippen LogP contribution is 2.24. The molecule has 2 aromatic rings. The first kappa shape index (κ1) is 14.9. The Morgan fingerprint density at radius 2 is 1.96 bits per heavy atom. The van der Waals surface area contributed by atoms with Gasteiger partial charge in [0, 0.05) is 22.7 Å². The zero-order chi connectivity index (χ0) is 16.4. The van der Waals surface area contributed by atoms with Crippen LogP contribution in [0.3, 0.4) is 0 Å². The summed E-state index contributed by atoms with van der Waals surface area (Å²) in [6.07, 6.45) is 1.51. The summed E-state index contributed by atoms with van der Waals surface area (Å²) >= 11 is 6.04. The van der Waals surface area contributed by atoms with Gasteiger partial charge < -0.3 is 4.74 Å². The lowest BCUT2D eigenvalue weighted by atomic mass is 10.2. The third-order valence-electron chi connectivity index (χ3n) is 3.12. The number of nitrogens with zero attached hydrogens (tertiary/aromatic N) is 2. The van der Waals surface area contributed by atoms with Crippen molar-refractivity contribution >= 4 is 35.2 Å². The molecule has 0 fully saturated rings. The molecule has 0 aromatic heterocycles. The molecule has 0 aliphatic carbocycles. The number of hydrogen-bond donors (Lipinski definition) is 0. The summed E-state index contributed by atoms with van der Waals surface area (Å²) in [5.41, 5.74) is 0.963. The zero-order valence-corrected chi connectivity index (χ0v) is 12.4. The van der Waals surface area contributed by atoms with E-state index in [9.17, 15) is 14.9 Å². The van der Waals surface area contributed by atoms with Crippen molar-refractivity contribution < 1.29 is 14.5 Å². The second-order valence-electron chi connectivity index (χ2n) is 4.67. The molecule has 6 nitrogen and oxygen atoms in total. The largest absolute Gasteiger partial charge is 0.402 e. The first-order valence-corrected chi connectivity index (χ1v) is 6.94. The fourth-order valence-corrected chi connectivity index (χ4v) is 2.21. The van der Waals surface area contributed by atoms with Crippen LogP contribution < -0.4 is 0 Å². The van der Waals surface area contributed by atoms with Crippen molar-refractivity contribution in [3.63, 3.8) is 0 Å². The Labute approximate surface area is 135 Å². The molecule has 2 aromatic carbocycles. The first-order valence-electron chi connectivity index (χ1n) is 6.56. The molecule has 1 aliphatic heterocycles. The molecule has 1 aliphatic rings. The average molecular weight is 329 g/mol. The number of hydrogen-bond acceptors (Lipinski definition) is 5. The van der Waals surface area contributed by atoms with E-state index in [-0.39, 0.29) is 17.3 Å². The molecule has 7 heteroatoms. The first-order chi connectivity index (χ1) is 11.0. The maximum atomic E-state index is 11.9. The molecule has 0 saturated carbocycles. The number of cyclic esters (lactones) is 1. The van der Waals surface area contributed by atoms with Crippen LogP contribution in [0.4, 0.5) is 5.69 Å². The van der Waals surface area contributed by atoms with Crippen molar-refractivity contribution in [2.75, 3.05) is 0 Å². The number of nitro groups is 1. The van der Waals surface area contributed by atoms with Gasteiger partial charge in [0.25, 0.3) is 5.69 Å². The summed E-state index contributed by atoms with van der Waals surface area (Å²) in [7, 11) is 0. The Morgan fingerprint density at radius 1 is 1.17 bits per heavy atom. The quantitative estimate of drug-likeness (QED) is 0.373. The smallest absolute Gasteiger partial charge is 0.363 e. The Bertz CT molecular complexity index is 874. The Kier molecular flexibility index (Phi) is 3.91. The van der Waals surface area contributed by atoms with Gasteiger partial charge in [-0.1, -0.05) is 35.9 Å². The lowest BCUT2D eigenvalue weighted by Crippen LogP contribution is -2.05. The van der Waals surface area contributed by atoms with Crippen LogP contribution in [-0.4, -0.2) is 16.8 Å². The normalized spacial score (nSPS) is 15.4. The van der Waals surface area contributed by atoms with E-state index in [1.165, 1.54) is 24.3 Å². The molecule has 0 spiro atoms. The Balaban J connectivity index is 1.97. The molecule has 0 N–H and O–H groups in total. The molecule has 0 radical (unpaired) electrons. The van der Waals surface area contributed by atoms with Crippen LogP contribution in [0.25, 0.3) is 6.08 Å². The average Bonchev–Trinajstić information content (AvgIpc) is 2.91. The van der Waals surface area contributed by atoms with E-state index in [0.29, 0.717) is 16.1 Å². The fraction of sp³-hybridized carbons (Fsp3) is 0. The molecule has 0 bridgehead atoms. The van der Waals surface area contributed by atoms with Gasteiger partial charge in [0.1, 0.15) is 0 Å². The second-order valence-corrected chi connectivity index (χ2v) is 5.07. The standard InChI is InChI=1S/C16H9ClN2O4/c17-13-7-2-1-4-10(13)9-14-16(20)23-15(18-14)11-5-3-6-12(8-11)19(21)22/h1-9H/b14-9-. The second kappa shape index (κ2) is 6.02. The number of ether oxygens (including phenoxy) is 1. The summed E-state index contributed by atoms with van der Waals surface area (Å²) in [6.45, 7) is 0. The van der Waals surface area contributed by atoms with Gasteiger partial charge in [-0.2, -0.15) is 0 Å². The molecule has 23 heavy (non-hydrogen) atoms. The Hall–Kier alpha value is -2.99. The molecule has 114 valence electrons. The van der Waals surface area contributed by atoms with Crippen LogP contribution in [0.2, 0.25) is 5.02 Å². The van der Waals surface area contributed by atoms with E-state index < -0.39 is 10.9 Å². The van der Waals surface area contributed by atoms with Gasteiger partial charge in [-0.05, 0) is 23.8 Å². The van der Waals surface area contributed by atoms with Crippen molar-refractivity contribution in [1.82, 2.24) is 0 Å². The number of nitro benzene ring substituents is 1. The van der Waals surface area contributed by atoms with Crippen molar-refractivity contribution in [2.24, 2.45) is 4.99 Å². The minimum atomic E-state index is -0.633. The monoisotopic (exact) mass is 328 g/mol. The highest BCUT2D eigenvalue weighted by Gasteiger charge is 2.25. The van der Waals surface area contributed by atoms with Crippen molar-refractivity contribution in [3.8, 4) is 0 Å². The third kappa shape index (κ3) is 3.12. The Morgan fingerprint density at radius 3 is 2.70 bits per heavy atom. The molecule has 0 amide bonds. The van der Waals surface area contributed by atoms with Gasteiger partial charge in [-0.25, -0.2) is 9.79 Å². The van der Waals surface area contributed by atoms with E-state index in [2.05, 4.69) is 4.99 Å². The van der Waals surface area contributed by atoms with Crippen LogP contribution >= 0.6 is 11.6 Å². The van der Waals surface area contributed by atoms with Gasteiger partial charge in [0.05, 0.1) is 4.92 Å². The van der Waals surface area contributed by atoms with Gasteiger partial charge in [0.2, 0.25) is 5.90 Å². The number of aliphatic imine (C=N–C) groups is 1. The number of carbonyl (C=O) groups is 1. The van der Waals surface area contributed by atoms with Crippen molar-refractivity contribution in [3.05, 3.63) is 80.5 Å². The lowest BCUT2D eigenvalue weighted by Gasteiger charge is -1.98. The van der Waals surface area contributed by atoms with Gasteiger partial charge in [0.15, 0.2) is 5.70 Å². The zero-order valence-electron chi connectivity index (χ0n) is 11.6. The van der Waals surface area contributed by atoms with Crippen LogP contribution in [0, 0.1) is 10.1 Å². The van der Waals surface area contributed by atoms with Gasteiger partial charge >= 0.3 is 5.97 Å². The minimum absolute atomic E-state index is 0.0250. The maximum Gasteiger partial charge on any atom is 0.363 e. The third-order valence-corrected chi connectivity index (χ3v) is 3.47. The number of halogens is 1. The number of non-ortho nitro benzene ring substituents is 1. The molecule has 0 atom stereocenters. The van der Waals surface area contributed by atoms with E-state index in [1.807, 2.05) is 0 Å². The molecule has 1 heterocycles. The molecule has 0 unspecified atom stereocenters. The summed E-state index contributed by atoms with van der Waals surface area (Å²) in [5.74, 6) is -0.608. The summed E-state index contributed by atoms with van der Waals surface area (Å²) in [4.78, 5) is 26.3. The predicted molar refractivity (Wildman–Crippen MR) is 85.2 cm³/mol. The highest BCUT2D eigenvalue weighted by molar-refractivity contribution is 6.32. The van der Waals surface area contributed by atoms with E-state index in [0.717, 1.165) is 0 Å². The minimum Gasteiger partial charge on any atom is -0.402 e. The number of rotatable bonds is 3. The SMILES string of the molecule is O=C1OC(c2cccc([N+](=O)[O-])c2)=N/C1=C\c1ccccc1Cl. The maximum absolute atomic E-state index is 11.9. The van der Waals surface area contributed by atoms with Gasteiger partial charge in [-0.3, -0.25) is 10.1 Å². The molecular formula is C16H9ClN2O4. The lowest BCUT2D eigenvalue weighted by molar-refractivity contribution is -0.384. The summed E-state index contributed by atoms with van der Waals surface area (Å²) < 4.78 is 5.08. The van der Waals surface area contributed by atoms with Crippen molar-refractivity contribution in [2.45, 2.75) is 0 Å². The van der Waals surface area contributed by atoms with E-state index >= 15 is 0 Å². The summed E-state index contributed by atoms with van der Waals surface area (Å²) in [6, 6.07) is 12.7. The van der Waals surface area contributed by atoms with Crippen LogP contribution in [0.15, 0.2) is 59.2 Å². The number of esters is 1.